The molecule has 0 aliphatic heterocycles. The van der Waals surface area contributed by atoms with E-state index in [-0.39, 0.29) is 4.90 Å². The third-order valence-corrected chi connectivity index (χ3v) is 5.12. The van der Waals surface area contributed by atoms with Crippen LogP contribution in [0.2, 0.25) is 0 Å². The highest BCUT2D eigenvalue weighted by Gasteiger charge is 2.27. The van der Waals surface area contributed by atoms with E-state index in [9.17, 15) is 8.42 Å². The smallest absolute Gasteiger partial charge is 0.267 e. The minimum absolute atomic E-state index is 0.253. The number of hydrogen-bond acceptors (Lipinski definition) is 3. The van der Waals surface area contributed by atoms with E-state index in [0.717, 1.165) is 5.56 Å². The largest absolute Gasteiger partial charge is 0.274 e. The predicted molar refractivity (Wildman–Crippen MR) is 79.3 cm³/mol. The summed E-state index contributed by atoms with van der Waals surface area (Å²) >= 11 is 0. The van der Waals surface area contributed by atoms with E-state index in [1.54, 1.807) is 26.2 Å². The highest BCUT2D eigenvalue weighted by molar-refractivity contribution is 7.92. The number of sulfonamides is 1. The summed E-state index contributed by atoms with van der Waals surface area (Å²) in [5.74, 6) is 0. The second-order valence-corrected chi connectivity index (χ2v) is 6.59. The Morgan fingerprint density at radius 1 is 1.30 bits per heavy atom. The molecule has 1 aromatic carbocycles. The van der Waals surface area contributed by atoms with Gasteiger partial charge in [-0.25, -0.2) is 8.42 Å². The van der Waals surface area contributed by atoms with Crippen molar-refractivity contribution in [1.29, 1.82) is 0 Å². The van der Waals surface area contributed by atoms with E-state index < -0.39 is 10.0 Å². The van der Waals surface area contributed by atoms with Crippen molar-refractivity contribution in [3.63, 3.8) is 0 Å². The Hall–Kier alpha value is -1.82. The number of nitrogens with zero attached hydrogens (tertiary/aromatic N) is 3. The zero-order valence-electron chi connectivity index (χ0n) is 12.2. The van der Waals surface area contributed by atoms with Gasteiger partial charge in [0, 0.05) is 19.8 Å². The van der Waals surface area contributed by atoms with E-state index in [1.807, 2.05) is 32.0 Å². The van der Waals surface area contributed by atoms with Crippen LogP contribution in [0.4, 0.5) is 5.69 Å². The predicted octanol–water partition coefficient (Wildman–Crippen LogP) is 2.25. The van der Waals surface area contributed by atoms with Crippen LogP contribution >= 0.6 is 0 Å². The fourth-order valence-corrected chi connectivity index (χ4v) is 3.89. The molecule has 2 rings (SSSR count). The summed E-state index contributed by atoms with van der Waals surface area (Å²) in [6, 6.07) is 7.48. The second-order valence-electron chi connectivity index (χ2n) is 4.76. The molecular formula is C14H19N3O2S. The van der Waals surface area contributed by atoms with Gasteiger partial charge in [0.05, 0.1) is 11.4 Å². The molecule has 0 radical (unpaired) electrons. The lowest BCUT2D eigenvalue weighted by Crippen LogP contribution is -2.31. The molecule has 0 saturated carbocycles. The molecule has 0 aliphatic carbocycles. The molecule has 0 N–H and O–H groups in total. The van der Waals surface area contributed by atoms with Crippen molar-refractivity contribution < 1.29 is 8.42 Å². The summed E-state index contributed by atoms with van der Waals surface area (Å²) in [5, 5.41) is 4.12. The van der Waals surface area contributed by atoms with Crippen molar-refractivity contribution in [2.24, 2.45) is 7.05 Å². The van der Waals surface area contributed by atoms with E-state index in [4.69, 9.17) is 0 Å². The summed E-state index contributed by atoms with van der Waals surface area (Å²) in [6.45, 7) is 5.85. The van der Waals surface area contributed by atoms with Crippen molar-refractivity contribution in [2.45, 2.75) is 25.7 Å². The fourth-order valence-electron chi connectivity index (χ4n) is 2.22. The van der Waals surface area contributed by atoms with Crippen molar-refractivity contribution in [2.75, 3.05) is 10.8 Å². The van der Waals surface area contributed by atoms with Crippen LogP contribution in [0.1, 0.15) is 18.2 Å². The first-order chi connectivity index (χ1) is 9.36. The van der Waals surface area contributed by atoms with Gasteiger partial charge in [-0.1, -0.05) is 12.1 Å². The van der Waals surface area contributed by atoms with Crippen molar-refractivity contribution >= 4 is 15.7 Å². The Labute approximate surface area is 119 Å². The van der Waals surface area contributed by atoms with Gasteiger partial charge in [-0.3, -0.25) is 8.99 Å². The van der Waals surface area contributed by atoms with Gasteiger partial charge in [-0.05, 0) is 38.5 Å². The zero-order valence-corrected chi connectivity index (χ0v) is 13.0. The Morgan fingerprint density at radius 2 is 2.00 bits per heavy atom. The first-order valence-electron chi connectivity index (χ1n) is 6.46. The molecule has 0 aliphatic rings. The number of rotatable bonds is 4. The molecule has 0 bridgehead atoms. The van der Waals surface area contributed by atoms with Crippen molar-refractivity contribution in [1.82, 2.24) is 9.78 Å². The lowest BCUT2D eigenvalue weighted by Gasteiger charge is -2.22. The minimum atomic E-state index is -3.58. The Morgan fingerprint density at radius 3 is 2.50 bits per heavy atom. The maximum Gasteiger partial charge on any atom is 0.267 e. The molecule has 108 valence electrons. The topological polar surface area (TPSA) is 55.2 Å². The normalized spacial score (nSPS) is 11.6. The summed E-state index contributed by atoms with van der Waals surface area (Å²) in [6.07, 6.45) is 1.54. The number of anilines is 1. The van der Waals surface area contributed by atoms with Crippen LogP contribution in [-0.4, -0.2) is 24.7 Å². The first-order valence-corrected chi connectivity index (χ1v) is 7.90. The van der Waals surface area contributed by atoms with Gasteiger partial charge >= 0.3 is 0 Å². The number of benzene rings is 1. The van der Waals surface area contributed by atoms with Gasteiger partial charge in [0.2, 0.25) is 0 Å². The average Bonchev–Trinajstić information content (AvgIpc) is 2.70. The molecule has 0 saturated heterocycles. The van der Waals surface area contributed by atoms with Gasteiger partial charge in [0.25, 0.3) is 10.0 Å². The summed E-state index contributed by atoms with van der Waals surface area (Å²) in [5.41, 5.74) is 2.22. The Kier molecular flexibility index (Phi) is 3.85. The van der Waals surface area contributed by atoms with E-state index in [1.165, 1.54) is 8.99 Å². The van der Waals surface area contributed by atoms with Crippen molar-refractivity contribution in [3.8, 4) is 0 Å². The SMILES string of the molecule is CCN(c1cccc(C)c1)S(=O)(=O)c1cn(C)nc1C. The first kappa shape index (κ1) is 14.6. The van der Waals surface area contributed by atoms with Crippen LogP contribution in [-0.2, 0) is 17.1 Å². The molecule has 6 heteroatoms. The van der Waals surface area contributed by atoms with Crippen LogP contribution in [0.5, 0.6) is 0 Å². The van der Waals surface area contributed by atoms with Crippen molar-refractivity contribution in [3.05, 3.63) is 41.7 Å². The maximum absolute atomic E-state index is 12.8. The number of hydrogen-bond donors (Lipinski definition) is 0. The van der Waals surface area contributed by atoms with Crippen LogP contribution in [0, 0.1) is 13.8 Å². The zero-order chi connectivity index (χ0) is 14.9. The molecule has 0 amide bonds. The summed E-state index contributed by atoms with van der Waals surface area (Å²) < 4.78 is 28.5. The second kappa shape index (κ2) is 5.28. The molecule has 2 aromatic rings. The van der Waals surface area contributed by atoms with E-state index in [0.29, 0.717) is 17.9 Å². The number of aryl methyl sites for hydroxylation is 3. The lowest BCUT2D eigenvalue weighted by molar-refractivity contribution is 0.591. The monoisotopic (exact) mass is 293 g/mol. The van der Waals surface area contributed by atoms with Gasteiger partial charge in [0.15, 0.2) is 0 Å². The molecule has 0 unspecified atom stereocenters. The maximum atomic E-state index is 12.8. The van der Waals surface area contributed by atoms with Gasteiger partial charge in [-0.2, -0.15) is 5.10 Å². The lowest BCUT2D eigenvalue weighted by atomic mass is 10.2. The highest BCUT2D eigenvalue weighted by Crippen LogP contribution is 2.25. The molecule has 5 nitrogen and oxygen atoms in total. The number of aromatic nitrogens is 2. The van der Waals surface area contributed by atoms with E-state index in [2.05, 4.69) is 5.10 Å². The molecule has 1 heterocycles. The Bertz CT molecular complexity index is 720. The van der Waals surface area contributed by atoms with E-state index >= 15 is 0 Å². The molecule has 1 aromatic heterocycles. The van der Waals surface area contributed by atoms with Gasteiger partial charge < -0.3 is 0 Å². The quantitative estimate of drug-likeness (QED) is 0.869. The van der Waals surface area contributed by atoms with Gasteiger partial charge in [0.1, 0.15) is 4.90 Å². The van der Waals surface area contributed by atoms with Crippen LogP contribution < -0.4 is 4.31 Å². The molecule has 20 heavy (non-hydrogen) atoms. The third kappa shape index (κ3) is 2.56. The van der Waals surface area contributed by atoms with Crippen LogP contribution in [0.15, 0.2) is 35.4 Å². The summed E-state index contributed by atoms with van der Waals surface area (Å²) in [7, 11) is -1.86. The highest BCUT2D eigenvalue weighted by atomic mass is 32.2. The minimum Gasteiger partial charge on any atom is -0.274 e. The molecule has 0 atom stereocenters. The molecule has 0 fully saturated rings. The average molecular weight is 293 g/mol. The van der Waals surface area contributed by atoms with Gasteiger partial charge in [-0.15, -0.1) is 0 Å². The molecule has 0 spiro atoms. The van der Waals surface area contributed by atoms with Crippen LogP contribution in [0.25, 0.3) is 0 Å². The standard InChI is InChI=1S/C14H19N3O2S/c1-5-17(13-8-6-7-11(2)9-13)20(18,19)14-10-16(4)15-12(14)3/h6-10H,5H2,1-4H3. The Balaban J connectivity index is 2.53. The molecular weight excluding hydrogens is 274 g/mol. The fraction of sp³-hybridized carbons (Fsp3) is 0.357. The summed E-state index contributed by atoms with van der Waals surface area (Å²) in [4.78, 5) is 0.253. The van der Waals surface area contributed by atoms with Crippen LogP contribution in [0.3, 0.4) is 0 Å². The third-order valence-electron chi connectivity index (χ3n) is 3.11.